The van der Waals surface area contributed by atoms with Crippen LogP contribution in [0, 0.1) is 0 Å². The number of halogens is 2. The predicted molar refractivity (Wildman–Crippen MR) is 105 cm³/mol. The number of carbonyl (C=O) groups is 1. The predicted octanol–water partition coefficient (Wildman–Crippen LogP) is 3.21. The molecule has 3 aromatic heterocycles. The Balaban J connectivity index is 1.39. The summed E-state index contributed by atoms with van der Waals surface area (Å²) in [5.74, 6) is -3.44. The Bertz CT molecular complexity index is 1240. The Hall–Kier alpha value is -3.62. The number of likely N-dealkylation sites (tertiary alicyclic amines) is 1. The minimum atomic E-state index is -3.08. The fourth-order valence-corrected chi connectivity index (χ4v) is 3.58. The van der Waals surface area contributed by atoms with Crippen LogP contribution < -0.4 is 4.74 Å². The second kappa shape index (κ2) is 7.01. The summed E-state index contributed by atoms with van der Waals surface area (Å²) in [7, 11) is 0. The molecule has 0 aliphatic carbocycles. The minimum absolute atomic E-state index is 0.0945. The van der Waals surface area contributed by atoms with E-state index in [9.17, 15) is 13.6 Å². The zero-order valence-electron chi connectivity index (χ0n) is 15.8. The minimum Gasteiger partial charge on any atom is -0.466 e. The highest BCUT2D eigenvalue weighted by Crippen LogP contribution is 2.32. The molecule has 1 amide bonds. The Labute approximate surface area is 169 Å². The van der Waals surface area contributed by atoms with Gasteiger partial charge in [-0.25, -0.2) is 18.3 Å². The Morgan fingerprint density at radius 2 is 1.93 bits per heavy atom. The van der Waals surface area contributed by atoms with Gasteiger partial charge < -0.3 is 9.64 Å². The lowest BCUT2D eigenvalue weighted by Gasteiger charge is -2.37. The molecular formula is C21H17F2N5O2. The third-order valence-corrected chi connectivity index (χ3v) is 5.22. The van der Waals surface area contributed by atoms with Gasteiger partial charge in [0.2, 0.25) is 5.88 Å². The van der Waals surface area contributed by atoms with Crippen molar-refractivity contribution in [2.45, 2.75) is 18.4 Å². The van der Waals surface area contributed by atoms with Crippen LogP contribution in [0.15, 0.2) is 60.8 Å². The number of fused-ring (bicyclic) bond motifs is 2. The molecule has 9 heteroatoms. The van der Waals surface area contributed by atoms with Crippen LogP contribution in [-0.4, -0.2) is 55.7 Å². The summed E-state index contributed by atoms with van der Waals surface area (Å²) in [4.78, 5) is 18.6. The highest BCUT2D eigenvalue weighted by Gasteiger charge is 2.47. The van der Waals surface area contributed by atoms with Crippen LogP contribution in [0.3, 0.4) is 0 Å². The van der Waals surface area contributed by atoms with Crippen LogP contribution in [0.25, 0.3) is 16.4 Å². The number of benzene rings is 1. The standard InChI is InChI=1S/C21H17F2N5O2/c22-21(23)10-12-27(20(29)19-16-7-3-4-11-28(16)26-25-19)13-17(21)30-18-9-8-14-5-1-2-6-15(14)24-18/h1-9,11,17H,10,12-13H2. The second-order valence-corrected chi connectivity index (χ2v) is 7.18. The van der Waals surface area contributed by atoms with Crippen LogP contribution >= 0.6 is 0 Å². The summed E-state index contributed by atoms with van der Waals surface area (Å²) in [5, 5.41) is 8.73. The summed E-state index contributed by atoms with van der Waals surface area (Å²) in [6.07, 6.45) is -0.345. The molecule has 0 radical (unpaired) electrons. The topological polar surface area (TPSA) is 72.6 Å². The number of rotatable bonds is 3. The Morgan fingerprint density at radius 1 is 1.10 bits per heavy atom. The molecule has 1 aliphatic rings. The SMILES string of the molecule is O=C(c1nnn2ccccc12)N1CCC(F)(F)C(Oc2ccc3ccccc3n2)C1. The van der Waals surface area contributed by atoms with Crippen molar-refractivity contribution in [3.8, 4) is 5.88 Å². The van der Waals surface area contributed by atoms with E-state index in [1.54, 1.807) is 42.6 Å². The highest BCUT2D eigenvalue weighted by molar-refractivity contribution is 5.98. The molecule has 152 valence electrons. The van der Waals surface area contributed by atoms with E-state index in [-0.39, 0.29) is 24.7 Å². The van der Waals surface area contributed by atoms with Crippen LogP contribution in [0.5, 0.6) is 5.88 Å². The van der Waals surface area contributed by atoms with Gasteiger partial charge >= 0.3 is 0 Å². The van der Waals surface area contributed by atoms with Crippen molar-refractivity contribution in [2.75, 3.05) is 13.1 Å². The number of piperidine rings is 1. The molecule has 1 fully saturated rings. The molecule has 7 nitrogen and oxygen atoms in total. The fraction of sp³-hybridized carbons (Fsp3) is 0.238. The van der Waals surface area contributed by atoms with E-state index in [2.05, 4.69) is 15.3 Å². The number of alkyl halides is 2. The molecule has 5 rings (SSSR count). The molecule has 1 unspecified atom stereocenters. The van der Waals surface area contributed by atoms with Crippen LogP contribution in [0.2, 0.25) is 0 Å². The first-order valence-corrected chi connectivity index (χ1v) is 9.51. The lowest BCUT2D eigenvalue weighted by Crippen LogP contribution is -2.55. The lowest BCUT2D eigenvalue weighted by molar-refractivity contribution is -0.131. The van der Waals surface area contributed by atoms with Gasteiger partial charge in [-0.3, -0.25) is 4.79 Å². The van der Waals surface area contributed by atoms with E-state index < -0.39 is 24.4 Å². The Kier molecular flexibility index (Phi) is 4.30. The fourth-order valence-electron chi connectivity index (χ4n) is 3.58. The molecule has 0 bridgehead atoms. The van der Waals surface area contributed by atoms with E-state index in [0.29, 0.717) is 11.0 Å². The molecule has 1 saturated heterocycles. The van der Waals surface area contributed by atoms with Crippen molar-refractivity contribution in [2.24, 2.45) is 0 Å². The van der Waals surface area contributed by atoms with Gasteiger partial charge in [0.15, 0.2) is 11.8 Å². The van der Waals surface area contributed by atoms with Gasteiger partial charge in [-0.05, 0) is 24.3 Å². The zero-order valence-corrected chi connectivity index (χ0v) is 15.8. The smallest absolute Gasteiger partial charge is 0.287 e. The number of para-hydroxylation sites is 1. The average molecular weight is 409 g/mol. The van der Waals surface area contributed by atoms with E-state index in [4.69, 9.17) is 4.74 Å². The summed E-state index contributed by atoms with van der Waals surface area (Å²) < 4.78 is 36.2. The van der Waals surface area contributed by atoms with Crippen molar-refractivity contribution in [3.05, 3.63) is 66.5 Å². The van der Waals surface area contributed by atoms with Crippen molar-refractivity contribution >= 4 is 22.3 Å². The molecule has 0 N–H and O–H groups in total. The maximum atomic E-state index is 14.6. The maximum absolute atomic E-state index is 14.6. The molecule has 0 saturated carbocycles. The highest BCUT2D eigenvalue weighted by atomic mass is 19.3. The summed E-state index contributed by atoms with van der Waals surface area (Å²) in [6.45, 7) is -0.366. The van der Waals surface area contributed by atoms with Gasteiger partial charge in [-0.1, -0.05) is 29.5 Å². The molecule has 1 aliphatic heterocycles. The van der Waals surface area contributed by atoms with E-state index in [0.717, 1.165) is 5.39 Å². The Morgan fingerprint density at radius 3 is 2.83 bits per heavy atom. The first-order valence-electron chi connectivity index (χ1n) is 9.51. The molecule has 0 spiro atoms. The van der Waals surface area contributed by atoms with Gasteiger partial charge in [0.05, 0.1) is 17.6 Å². The number of pyridine rings is 2. The van der Waals surface area contributed by atoms with Gasteiger partial charge in [0, 0.05) is 30.6 Å². The number of ether oxygens (including phenoxy) is 1. The largest absolute Gasteiger partial charge is 0.466 e. The van der Waals surface area contributed by atoms with Crippen molar-refractivity contribution in [3.63, 3.8) is 0 Å². The summed E-state index contributed by atoms with van der Waals surface area (Å²) >= 11 is 0. The van der Waals surface area contributed by atoms with Gasteiger partial charge in [-0.2, -0.15) is 0 Å². The van der Waals surface area contributed by atoms with Crippen molar-refractivity contribution < 1.29 is 18.3 Å². The van der Waals surface area contributed by atoms with Gasteiger partial charge in [-0.15, -0.1) is 5.10 Å². The maximum Gasteiger partial charge on any atom is 0.287 e. The van der Waals surface area contributed by atoms with E-state index >= 15 is 0 Å². The number of carbonyl (C=O) groups excluding carboxylic acids is 1. The molecule has 4 aromatic rings. The molecule has 4 heterocycles. The average Bonchev–Trinajstić information content (AvgIpc) is 3.19. The third-order valence-electron chi connectivity index (χ3n) is 5.22. The van der Waals surface area contributed by atoms with Gasteiger partial charge in [0.25, 0.3) is 11.8 Å². The van der Waals surface area contributed by atoms with Crippen LogP contribution in [0.4, 0.5) is 8.78 Å². The summed E-state index contributed by atoms with van der Waals surface area (Å²) in [6, 6.07) is 15.9. The summed E-state index contributed by atoms with van der Waals surface area (Å²) in [5.41, 5.74) is 1.30. The van der Waals surface area contributed by atoms with E-state index in [1.165, 1.54) is 9.42 Å². The van der Waals surface area contributed by atoms with Crippen molar-refractivity contribution in [1.82, 2.24) is 24.7 Å². The second-order valence-electron chi connectivity index (χ2n) is 7.18. The third kappa shape index (κ3) is 3.22. The molecule has 30 heavy (non-hydrogen) atoms. The first kappa shape index (κ1) is 18.4. The van der Waals surface area contributed by atoms with Gasteiger partial charge in [0.1, 0.15) is 0 Å². The van der Waals surface area contributed by atoms with Crippen LogP contribution in [-0.2, 0) is 0 Å². The number of hydrogen-bond acceptors (Lipinski definition) is 5. The normalized spacial score (nSPS) is 18.6. The van der Waals surface area contributed by atoms with E-state index in [1.807, 2.05) is 18.2 Å². The molecular weight excluding hydrogens is 392 g/mol. The molecule has 1 aromatic carbocycles. The number of amides is 1. The number of nitrogens with zero attached hydrogens (tertiary/aromatic N) is 5. The number of aromatic nitrogens is 4. The quantitative estimate of drug-likeness (QED) is 0.520. The van der Waals surface area contributed by atoms with Crippen LogP contribution in [0.1, 0.15) is 16.9 Å². The molecule has 1 atom stereocenters. The van der Waals surface area contributed by atoms with Crippen molar-refractivity contribution in [1.29, 1.82) is 0 Å². The number of hydrogen-bond donors (Lipinski definition) is 0. The lowest BCUT2D eigenvalue weighted by atomic mass is 10.0. The monoisotopic (exact) mass is 409 g/mol. The zero-order chi connectivity index (χ0) is 20.7. The first-order chi connectivity index (χ1) is 14.5.